The van der Waals surface area contributed by atoms with Crippen molar-refractivity contribution in [1.29, 1.82) is 0 Å². The maximum absolute atomic E-state index is 13.0. The highest BCUT2D eigenvalue weighted by molar-refractivity contribution is 7.92. The number of alkyl halides is 3. The Labute approximate surface area is 192 Å². The highest BCUT2D eigenvalue weighted by Crippen LogP contribution is 2.30. The number of nitro groups is 1. The summed E-state index contributed by atoms with van der Waals surface area (Å²) in [7, 11) is -2.84. The van der Waals surface area contributed by atoms with E-state index in [1.54, 1.807) is 0 Å². The number of hydrogen-bond donors (Lipinski definition) is 2. The standard InChI is InChI=1S/C21H17F3N4O5S/c1-33-18-9-6-16(7-10-18)27-34(31,32)20-12-17(28(29)30)8-11-19(20)26-25-13-14-2-4-15(5-3-14)21(22,23)24/h2-13,26-27H,1H3. The Kier molecular flexibility index (Phi) is 7.05. The van der Waals surface area contributed by atoms with Crippen molar-refractivity contribution in [3.8, 4) is 5.75 Å². The molecule has 0 radical (unpaired) electrons. The normalized spacial score (nSPS) is 11.9. The summed E-state index contributed by atoms with van der Waals surface area (Å²) in [5, 5.41) is 15.0. The fourth-order valence-corrected chi connectivity index (χ4v) is 3.98. The summed E-state index contributed by atoms with van der Waals surface area (Å²) in [6, 6.07) is 13.2. The van der Waals surface area contributed by atoms with Crippen LogP contribution in [0.15, 0.2) is 76.7 Å². The van der Waals surface area contributed by atoms with Crippen LogP contribution in [0.5, 0.6) is 5.75 Å². The minimum atomic E-state index is -4.48. The van der Waals surface area contributed by atoms with Crippen LogP contribution in [0, 0.1) is 10.1 Å². The predicted octanol–water partition coefficient (Wildman–Crippen LogP) is 4.87. The van der Waals surface area contributed by atoms with Gasteiger partial charge in [-0.1, -0.05) is 12.1 Å². The van der Waals surface area contributed by atoms with Gasteiger partial charge in [0.05, 0.1) is 29.5 Å². The minimum absolute atomic E-state index is 0.0882. The van der Waals surface area contributed by atoms with Crippen molar-refractivity contribution in [3.05, 3.63) is 88.0 Å². The Morgan fingerprint density at radius 1 is 1.03 bits per heavy atom. The summed E-state index contributed by atoms with van der Waals surface area (Å²) in [4.78, 5) is 9.96. The van der Waals surface area contributed by atoms with Crippen molar-refractivity contribution in [2.24, 2.45) is 5.10 Å². The van der Waals surface area contributed by atoms with Gasteiger partial charge in [-0.05, 0) is 48.0 Å². The fourth-order valence-electron chi connectivity index (χ4n) is 2.74. The lowest BCUT2D eigenvalue weighted by Gasteiger charge is -2.12. The van der Waals surface area contributed by atoms with Crippen molar-refractivity contribution in [2.45, 2.75) is 11.1 Å². The van der Waals surface area contributed by atoms with Crippen LogP contribution in [0.4, 0.5) is 30.2 Å². The van der Waals surface area contributed by atoms with E-state index in [0.717, 1.165) is 30.3 Å². The second-order valence-electron chi connectivity index (χ2n) is 6.76. The summed E-state index contributed by atoms with van der Waals surface area (Å²) in [5.41, 5.74) is 1.58. The first-order chi connectivity index (χ1) is 16.0. The molecular formula is C21H17F3N4O5S. The van der Waals surface area contributed by atoms with Gasteiger partial charge in [-0.25, -0.2) is 8.42 Å². The predicted molar refractivity (Wildman–Crippen MR) is 120 cm³/mol. The number of rotatable bonds is 8. The Hall–Kier alpha value is -4.13. The van der Waals surface area contributed by atoms with E-state index in [1.165, 1.54) is 49.7 Å². The number of benzene rings is 3. The van der Waals surface area contributed by atoms with E-state index in [1.807, 2.05) is 0 Å². The number of hydrogen-bond acceptors (Lipinski definition) is 7. The van der Waals surface area contributed by atoms with Gasteiger partial charge in [0, 0.05) is 17.8 Å². The molecule has 0 aromatic heterocycles. The summed E-state index contributed by atoms with van der Waals surface area (Å²) >= 11 is 0. The molecule has 3 aromatic carbocycles. The van der Waals surface area contributed by atoms with Crippen LogP contribution in [-0.2, 0) is 16.2 Å². The quantitative estimate of drug-likeness (QED) is 0.262. The Bertz CT molecular complexity index is 1310. The van der Waals surface area contributed by atoms with Crippen molar-refractivity contribution in [3.63, 3.8) is 0 Å². The van der Waals surface area contributed by atoms with Crippen molar-refractivity contribution in [2.75, 3.05) is 17.3 Å². The van der Waals surface area contributed by atoms with Crippen LogP contribution in [0.2, 0.25) is 0 Å². The molecule has 0 saturated carbocycles. The maximum Gasteiger partial charge on any atom is 0.416 e. The van der Waals surface area contributed by atoms with Gasteiger partial charge in [0.2, 0.25) is 0 Å². The number of nitro benzene ring substituents is 1. The molecule has 3 rings (SSSR count). The van der Waals surface area contributed by atoms with Gasteiger partial charge in [-0.2, -0.15) is 18.3 Å². The van der Waals surface area contributed by atoms with E-state index in [4.69, 9.17) is 4.74 Å². The lowest BCUT2D eigenvalue weighted by Crippen LogP contribution is -2.15. The van der Waals surface area contributed by atoms with Crippen LogP contribution >= 0.6 is 0 Å². The number of hydrazone groups is 1. The third-order valence-electron chi connectivity index (χ3n) is 4.44. The molecule has 3 aromatic rings. The molecule has 13 heteroatoms. The van der Waals surface area contributed by atoms with E-state index < -0.39 is 37.3 Å². The fraction of sp³-hybridized carbons (Fsp3) is 0.0952. The van der Waals surface area contributed by atoms with Gasteiger partial charge in [-0.15, -0.1) is 0 Å². The highest BCUT2D eigenvalue weighted by atomic mass is 32.2. The largest absolute Gasteiger partial charge is 0.497 e. The zero-order chi connectivity index (χ0) is 24.9. The van der Waals surface area contributed by atoms with Gasteiger partial charge in [-0.3, -0.25) is 20.3 Å². The van der Waals surface area contributed by atoms with Crippen LogP contribution in [0.3, 0.4) is 0 Å². The Morgan fingerprint density at radius 2 is 1.68 bits per heavy atom. The van der Waals surface area contributed by atoms with Crippen molar-refractivity contribution in [1.82, 2.24) is 0 Å². The van der Waals surface area contributed by atoms with Gasteiger partial charge in [0.25, 0.3) is 15.7 Å². The first-order valence-electron chi connectivity index (χ1n) is 9.41. The van der Waals surface area contributed by atoms with E-state index >= 15 is 0 Å². The molecule has 0 unspecified atom stereocenters. The number of non-ortho nitro benzene ring substituents is 1. The second kappa shape index (κ2) is 9.79. The van der Waals surface area contributed by atoms with Gasteiger partial charge < -0.3 is 4.74 Å². The number of methoxy groups -OCH3 is 1. The maximum atomic E-state index is 13.0. The topological polar surface area (TPSA) is 123 Å². The molecule has 0 aliphatic rings. The van der Waals surface area contributed by atoms with E-state index in [0.29, 0.717) is 11.3 Å². The molecule has 0 atom stereocenters. The smallest absolute Gasteiger partial charge is 0.416 e. The highest BCUT2D eigenvalue weighted by Gasteiger charge is 2.29. The first-order valence-corrected chi connectivity index (χ1v) is 10.9. The van der Waals surface area contributed by atoms with Crippen molar-refractivity contribution < 1.29 is 31.2 Å². The van der Waals surface area contributed by atoms with E-state index in [9.17, 15) is 31.7 Å². The molecule has 0 fully saturated rings. The number of nitrogens with zero attached hydrogens (tertiary/aromatic N) is 2. The third-order valence-corrected chi connectivity index (χ3v) is 5.87. The van der Waals surface area contributed by atoms with Crippen LogP contribution in [0.25, 0.3) is 0 Å². The Morgan fingerprint density at radius 3 is 2.24 bits per heavy atom. The lowest BCUT2D eigenvalue weighted by atomic mass is 10.1. The van der Waals surface area contributed by atoms with E-state index in [2.05, 4.69) is 15.2 Å². The third kappa shape index (κ3) is 6.01. The van der Waals surface area contributed by atoms with Gasteiger partial charge in [0.15, 0.2) is 0 Å². The molecule has 0 amide bonds. The van der Waals surface area contributed by atoms with Gasteiger partial charge in [0.1, 0.15) is 10.6 Å². The molecule has 0 heterocycles. The molecule has 2 N–H and O–H groups in total. The summed E-state index contributed by atoms with van der Waals surface area (Å²) in [6.07, 6.45) is -3.30. The zero-order valence-corrected chi connectivity index (χ0v) is 18.2. The minimum Gasteiger partial charge on any atom is -0.497 e. The van der Waals surface area contributed by atoms with Crippen molar-refractivity contribution >= 4 is 33.3 Å². The molecule has 0 saturated heterocycles. The number of halogens is 3. The molecule has 34 heavy (non-hydrogen) atoms. The van der Waals surface area contributed by atoms with Crippen LogP contribution in [0.1, 0.15) is 11.1 Å². The summed E-state index contributed by atoms with van der Waals surface area (Å²) in [6.45, 7) is 0. The van der Waals surface area contributed by atoms with Crippen LogP contribution in [-0.4, -0.2) is 26.7 Å². The van der Waals surface area contributed by atoms with Gasteiger partial charge >= 0.3 is 6.18 Å². The zero-order valence-electron chi connectivity index (χ0n) is 17.4. The molecule has 0 aliphatic carbocycles. The monoisotopic (exact) mass is 494 g/mol. The molecule has 9 nitrogen and oxygen atoms in total. The lowest BCUT2D eigenvalue weighted by molar-refractivity contribution is -0.385. The molecule has 0 aliphatic heterocycles. The molecule has 178 valence electrons. The first kappa shape index (κ1) is 24.5. The molecule has 0 spiro atoms. The SMILES string of the molecule is COc1ccc(NS(=O)(=O)c2cc([N+](=O)[O-])ccc2NN=Cc2ccc(C(F)(F)F)cc2)cc1. The molecule has 0 bridgehead atoms. The second-order valence-corrected chi connectivity index (χ2v) is 8.41. The average Bonchev–Trinajstić information content (AvgIpc) is 2.79. The number of sulfonamides is 1. The summed E-state index contributed by atoms with van der Waals surface area (Å²) < 4.78 is 71.2. The number of anilines is 2. The molecular weight excluding hydrogens is 477 g/mol. The average molecular weight is 494 g/mol. The number of nitrogens with one attached hydrogen (secondary N) is 2. The summed E-state index contributed by atoms with van der Waals surface area (Å²) in [5.74, 6) is 0.498. The van der Waals surface area contributed by atoms with Crippen LogP contribution < -0.4 is 14.9 Å². The Balaban J connectivity index is 1.87. The van der Waals surface area contributed by atoms with E-state index in [-0.39, 0.29) is 11.4 Å². The number of ether oxygens (including phenoxy) is 1.